The van der Waals surface area contributed by atoms with Crippen LogP contribution in [0.25, 0.3) is 0 Å². The topological polar surface area (TPSA) is 57.7 Å². The summed E-state index contributed by atoms with van der Waals surface area (Å²) in [6.45, 7) is 6.69. The first-order valence-electron chi connectivity index (χ1n) is 9.59. The number of aryl methyl sites for hydroxylation is 3. The normalized spacial score (nSPS) is 15.3. The predicted molar refractivity (Wildman–Crippen MR) is 103 cm³/mol. The molecule has 27 heavy (non-hydrogen) atoms. The molecule has 0 bridgehead atoms. The van der Waals surface area contributed by atoms with Gasteiger partial charge in [-0.1, -0.05) is 13.0 Å². The van der Waals surface area contributed by atoms with Crippen LogP contribution in [0.1, 0.15) is 55.3 Å². The summed E-state index contributed by atoms with van der Waals surface area (Å²) >= 11 is 0. The van der Waals surface area contributed by atoms with Gasteiger partial charge in [-0.25, -0.2) is 0 Å². The van der Waals surface area contributed by atoms with Crippen molar-refractivity contribution in [1.82, 2.24) is 4.98 Å². The number of ether oxygens (including phenoxy) is 3. The summed E-state index contributed by atoms with van der Waals surface area (Å²) in [5.74, 6) is 1.45. The number of benzene rings is 1. The summed E-state index contributed by atoms with van der Waals surface area (Å²) < 4.78 is 17.0. The Morgan fingerprint density at radius 3 is 2.74 bits per heavy atom. The molecule has 0 fully saturated rings. The molecule has 1 aromatic heterocycles. The van der Waals surface area contributed by atoms with Crippen LogP contribution < -0.4 is 9.47 Å². The molecule has 0 radical (unpaired) electrons. The molecular weight excluding hydrogens is 342 g/mol. The number of aromatic nitrogens is 1. The lowest BCUT2D eigenvalue weighted by Crippen LogP contribution is -2.07. The Kier molecular flexibility index (Phi) is 6.32. The van der Waals surface area contributed by atoms with Gasteiger partial charge in [0.15, 0.2) is 0 Å². The van der Waals surface area contributed by atoms with Gasteiger partial charge in [0.05, 0.1) is 18.9 Å². The number of rotatable bonds is 8. The van der Waals surface area contributed by atoms with Crippen molar-refractivity contribution in [1.29, 1.82) is 0 Å². The van der Waals surface area contributed by atoms with Crippen LogP contribution in [-0.4, -0.2) is 24.2 Å². The van der Waals surface area contributed by atoms with Gasteiger partial charge in [-0.15, -0.1) is 0 Å². The van der Waals surface area contributed by atoms with E-state index in [9.17, 15) is 4.79 Å². The molecule has 0 aliphatic heterocycles. The van der Waals surface area contributed by atoms with Crippen molar-refractivity contribution in [2.45, 2.75) is 52.6 Å². The predicted octanol–water partition coefficient (Wildman–Crippen LogP) is 4.35. The van der Waals surface area contributed by atoms with Gasteiger partial charge < -0.3 is 14.2 Å². The van der Waals surface area contributed by atoms with Crippen LogP contribution in [0.15, 0.2) is 30.3 Å². The van der Waals surface area contributed by atoms with Crippen molar-refractivity contribution in [3.8, 4) is 11.5 Å². The average Bonchev–Trinajstić information content (AvgIpc) is 3.04. The lowest BCUT2D eigenvalue weighted by molar-refractivity contribution is -0.146. The molecule has 1 aliphatic carbocycles. The Hall–Kier alpha value is -2.56. The number of esters is 1. The van der Waals surface area contributed by atoms with Crippen molar-refractivity contribution in [3.63, 3.8) is 0 Å². The fourth-order valence-electron chi connectivity index (χ4n) is 3.35. The minimum atomic E-state index is -0.233. The zero-order chi connectivity index (χ0) is 19.2. The van der Waals surface area contributed by atoms with Gasteiger partial charge in [0.25, 0.3) is 0 Å². The monoisotopic (exact) mass is 369 g/mol. The minimum Gasteiger partial charge on any atom is -0.493 e. The number of carbonyl (C=O) groups is 1. The number of carbonyl (C=O) groups excluding carboxylic acids is 1. The summed E-state index contributed by atoms with van der Waals surface area (Å²) in [6.07, 6.45) is 3.36. The summed E-state index contributed by atoms with van der Waals surface area (Å²) in [7, 11) is 0. The van der Waals surface area contributed by atoms with E-state index in [1.165, 1.54) is 12.5 Å². The van der Waals surface area contributed by atoms with Crippen LogP contribution in [0.3, 0.4) is 0 Å². The van der Waals surface area contributed by atoms with Gasteiger partial charge >= 0.3 is 5.97 Å². The number of hydrogen-bond donors (Lipinski definition) is 0. The minimum absolute atomic E-state index is 0.115. The van der Waals surface area contributed by atoms with Crippen LogP contribution in [0.4, 0.5) is 0 Å². The highest BCUT2D eigenvalue weighted by Gasteiger charge is 2.25. The van der Waals surface area contributed by atoms with E-state index in [1.54, 1.807) is 0 Å². The molecular formula is C22H27NO4. The highest BCUT2D eigenvalue weighted by Crippen LogP contribution is 2.36. The smallest absolute Gasteiger partial charge is 0.303 e. The van der Waals surface area contributed by atoms with E-state index in [4.69, 9.17) is 14.2 Å². The second-order valence-electron chi connectivity index (χ2n) is 6.79. The van der Waals surface area contributed by atoms with Gasteiger partial charge in [-0.05, 0) is 61.6 Å². The maximum Gasteiger partial charge on any atom is 0.303 e. The lowest BCUT2D eigenvalue weighted by Gasteiger charge is -2.13. The van der Waals surface area contributed by atoms with E-state index >= 15 is 0 Å². The molecule has 2 aromatic rings. The van der Waals surface area contributed by atoms with Crippen LogP contribution in [-0.2, 0) is 22.4 Å². The Morgan fingerprint density at radius 1 is 1.19 bits per heavy atom. The fourth-order valence-corrected chi connectivity index (χ4v) is 3.35. The Balaban J connectivity index is 1.44. The fraction of sp³-hybridized carbons (Fsp3) is 0.455. The number of nitrogens with zero attached hydrogens (tertiary/aromatic N) is 1. The van der Waals surface area contributed by atoms with E-state index < -0.39 is 0 Å². The third kappa shape index (κ3) is 5.00. The highest BCUT2D eigenvalue weighted by molar-refractivity contribution is 5.66. The third-order valence-corrected chi connectivity index (χ3v) is 4.72. The largest absolute Gasteiger partial charge is 0.493 e. The zero-order valence-electron chi connectivity index (χ0n) is 16.3. The molecule has 0 saturated carbocycles. The van der Waals surface area contributed by atoms with Crippen LogP contribution >= 0.6 is 0 Å². The number of fused-ring (bicyclic) bond motifs is 1. The highest BCUT2D eigenvalue weighted by atomic mass is 16.5. The number of pyridine rings is 1. The maximum absolute atomic E-state index is 11.2. The molecule has 0 amide bonds. The molecule has 1 heterocycles. The Bertz CT molecular complexity index is 803. The summed E-state index contributed by atoms with van der Waals surface area (Å²) in [5.41, 5.74) is 4.30. The molecule has 1 aromatic carbocycles. The zero-order valence-corrected chi connectivity index (χ0v) is 16.3. The molecule has 0 spiro atoms. The summed E-state index contributed by atoms with van der Waals surface area (Å²) in [6, 6.07) is 10.00. The molecule has 144 valence electrons. The first-order chi connectivity index (χ1) is 13.1. The van der Waals surface area contributed by atoms with Crippen LogP contribution in [0.2, 0.25) is 0 Å². The van der Waals surface area contributed by atoms with Crippen molar-refractivity contribution in [3.05, 3.63) is 52.8 Å². The van der Waals surface area contributed by atoms with Crippen molar-refractivity contribution in [2.24, 2.45) is 0 Å². The Morgan fingerprint density at radius 2 is 2.00 bits per heavy atom. The van der Waals surface area contributed by atoms with Crippen molar-refractivity contribution >= 4 is 5.97 Å². The van der Waals surface area contributed by atoms with E-state index in [0.717, 1.165) is 54.1 Å². The quantitative estimate of drug-likeness (QED) is 0.511. The first kappa shape index (κ1) is 19.2. The van der Waals surface area contributed by atoms with Crippen LogP contribution in [0, 0.1) is 6.92 Å². The van der Waals surface area contributed by atoms with Gasteiger partial charge in [0, 0.05) is 19.0 Å². The van der Waals surface area contributed by atoms with Crippen molar-refractivity contribution in [2.75, 3.05) is 13.2 Å². The van der Waals surface area contributed by atoms with Gasteiger partial charge in [-0.3, -0.25) is 9.78 Å². The summed E-state index contributed by atoms with van der Waals surface area (Å²) in [5, 5.41) is 0. The second-order valence-corrected chi connectivity index (χ2v) is 6.79. The molecule has 0 N–H and O–H groups in total. The van der Waals surface area contributed by atoms with E-state index in [2.05, 4.69) is 18.0 Å². The second kappa shape index (κ2) is 8.89. The Labute approximate surface area is 160 Å². The molecule has 1 aliphatic rings. The van der Waals surface area contributed by atoms with E-state index in [0.29, 0.717) is 13.2 Å². The number of hydrogen-bond acceptors (Lipinski definition) is 5. The lowest BCUT2D eigenvalue weighted by atomic mass is 10.1. The van der Waals surface area contributed by atoms with Crippen LogP contribution in [0.5, 0.6) is 11.5 Å². The standard InChI is InChI=1S/C22H27NO4/c1-4-18-7-11-21(15(2)23-18)26-13-5-12-25-19-8-9-20-17(14-19)6-10-22(20)27-16(3)24/h7-9,11,14,22H,4-6,10,12-13H2,1-3H3/t22-/m0/s1. The van der Waals surface area contributed by atoms with Gasteiger partial charge in [0.1, 0.15) is 17.6 Å². The first-order valence-corrected chi connectivity index (χ1v) is 9.59. The van der Waals surface area contributed by atoms with Gasteiger partial charge in [0.2, 0.25) is 0 Å². The summed E-state index contributed by atoms with van der Waals surface area (Å²) in [4.78, 5) is 15.7. The SMILES string of the molecule is CCc1ccc(OCCCOc2ccc3c(c2)CC[C@@H]3OC(C)=O)c(C)n1. The molecule has 0 unspecified atom stereocenters. The molecule has 0 saturated heterocycles. The molecule has 3 rings (SSSR count). The average molecular weight is 369 g/mol. The molecule has 1 atom stereocenters. The maximum atomic E-state index is 11.2. The van der Waals surface area contributed by atoms with E-state index in [1.807, 2.05) is 31.2 Å². The van der Waals surface area contributed by atoms with Gasteiger partial charge in [-0.2, -0.15) is 0 Å². The van der Waals surface area contributed by atoms with Crippen molar-refractivity contribution < 1.29 is 19.0 Å². The molecule has 5 nitrogen and oxygen atoms in total. The van der Waals surface area contributed by atoms with E-state index in [-0.39, 0.29) is 12.1 Å². The molecule has 5 heteroatoms. The third-order valence-electron chi connectivity index (χ3n) is 4.72.